The predicted molar refractivity (Wildman–Crippen MR) is 58.0 cm³/mol. The second-order valence-corrected chi connectivity index (χ2v) is 5.19. The molecule has 1 heterocycles. The van der Waals surface area contributed by atoms with Crippen molar-refractivity contribution >= 4 is 8.25 Å². The van der Waals surface area contributed by atoms with Crippen LogP contribution in [0.15, 0.2) is 0 Å². The summed E-state index contributed by atoms with van der Waals surface area (Å²) in [6.45, 7) is 0.0604. The Morgan fingerprint density at radius 2 is 1.60 bits per heavy atom. The molecule has 0 aromatic carbocycles. The average Bonchev–Trinajstić information content (AvgIpc) is 2.39. The van der Waals surface area contributed by atoms with Gasteiger partial charge in [-0.3, -0.25) is 4.90 Å². The second-order valence-electron chi connectivity index (χ2n) is 4.68. The highest BCUT2D eigenvalue weighted by Gasteiger charge is 2.48. The van der Waals surface area contributed by atoms with Gasteiger partial charge in [0.1, 0.15) is 0 Å². The maximum absolute atomic E-state index is 12.3. The van der Waals surface area contributed by atoms with Crippen molar-refractivity contribution in [2.75, 3.05) is 13.1 Å². The molecule has 0 amide bonds. The summed E-state index contributed by atoms with van der Waals surface area (Å²) in [6.07, 6.45) is -9.53. The van der Waals surface area contributed by atoms with Crippen molar-refractivity contribution < 1.29 is 40.7 Å². The Morgan fingerprint density at radius 1 is 1.15 bits per heavy atom. The van der Waals surface area contributed by atoms with Crippen LogP contribution in [-0.2, 0) is 4.57 Å². The number of rotatable bonds is 2. The highest BCUT2D eigenvalue weighted by Crippen LogP contribution is 2.39. The van der Waals surface area contributed by atoms with E-state index in [0.29, 0.717) is 6.42 Å². The molecule has 0 aromatic rings. The second kappa shape index (κ2) is 7.02. The third-order valence-corrected chi connectivity index (χ3v) is 2.86. The number of hydrogen-bond acceptors (Lipinski definition) is 2. The fourth-order valence-electron chi connectivity index (χ4n) is 2.20. The van der Waals surface area contributed by atoms with Crippen LogP contribution in [0.1, 0.15) is 26.2 Å². The molecule has 2 N–H and O–H groups in total. The van der Waals surface area contributed by atoms with Gasteiger partial charge >= 0.3 is 20.6 Å². The summed E-state index contributed by atoms with van der Waals surface area (Å²) < 4.78 is 81.9. The minimum absolute atomic E-state index is 0.0755. The zero-order chi connectivity index (χ0) is 16.2. The molecule has 1 fully saturated rings. The molecular formula is C9H15F6NO3P+. The maximum Gasteiger partial charge on any atom is 0.692 e. The molecule has 11 heteroatoms. The number of halogens is 6. The Hall–Kier alpha value is -0.440. The van der Waals surface area contributed by atoms with E-state index in [4.69, 9.17) is 14.4 Å². The lowest BCUT2D eigenvalue weighted by Gasteiger charge is -2.36. The van der Waals surface area contributed by atoms with Crippen molar-refractivity contribution in [2.24, 2.45) is 0 Å². The normalized spacial score (nSPS) is 24.2. The SMILES string of the molecule is CC1(CC(F)(F)F)CCCN1CC(F)(F)F.O=[P+](O)O. The molecule has 120 valence electrons. The first-order chi connectivity index (χ1) is 8.75. The van der Waals surface area contributed by atoms with Crippen LogP contribution in [-0.4, -0.2) is 45.7 Å². The Labute approximate surface area is 112 Å². The summed E-state index contributed by atoms with van der Waals surface area (Å²) in [5, 5.41) is 0. The third kappa shape index (κ3) is 8.68. The molecule has 1 aliphatic heterocycles. The van der Waals surface area contributed by atoms with Crippen molar-refractivity contribution in [3.63, 3.8) is 0 Å². The first kappa shape index (κ1) is 19.6. The van der Waals surface area contributed by atoms with Gasteiger partial charge in [0.2, 0.25) is 0 Å². The van der Waals surface area contributed by atoms with Crippen LogP contribution in [0.3, 0.4) is 0 Å². The fraction of sp³-hybridized carbons (Fsp3) is 1.00. The van der Waals surface area contributed by atoms with Crippen molar-refractivity contribution in [3.8, 4) is 0 Å². The summed E-state index contributed by atoms with van der Waals surface area (Å²) in [7, 11) is -2.87. The third-order valence-electron chi connectivity index (χ3n) is 2.86. The number of hydrogen-bond donors (Lipinski definition) is 2. The Balaban J connectivity index is 0.000000796. The van der Waals surface area contributed by atoms with Crippen LogP contribution >= 0.6 is 8.25 Å². The van der Waals surface area contributed by atoms with Gasteiger partial charge in [0.25, 0.3) is 0 Å². The van der Waals surface area contributed by atoms with E-state index < -0.39 is 39.1 Å². The number of nitrogens with zero attached hydrogens (tertiary/aromatic N) is 1. The van der Waals surface area contributed by atoms with Crippen LogP contribution in [0.2, 0.25) is 0 Å². The first-order valence-electron chi connectivity index (χ1n) is 5.49. The lowest BCUT2D eigenvalue weighted by molar-refractivity contribution is -0.181. The molecule has 0 saturated carbocycles. The monoisotopic (exact) mass is 330 g/mol. The highest BCUT2D eigenvalue weighted by atomic mass is 31.1. The molecular weight excluding hydrogens is 315 g/mol. The van der Waals surface area contributed by atoms with Crippen LogP contribution in [0.25, 0.3) is 0 Å². The first-order valence-corrected chi connectivity index (χ1v) is 6.65. The molecule has 20 heavy (non-hydrogen) atoms. The maximum atomic E-state index is 12.3. The molecule has 0 bridgehead atoms. The average molecular weight is 330 g/mol. The fourth-order valence-corrected chi connectivity index (χ4v) is 2.20. The topological polar surface area (TPSA) is 60.8 Å². The number of likely N-dealkylation sites (tertiary alicyclic amines) is 1. The molecule has 0 spiro atoms. The lowest BCUT2D eigenvalue weighted by Crippen LogP contribution is -2.48. The van der Waals surface area contributed by atoms with E-state index in [1.54, 1.807) is 0 Å². The van der Waals surface area contributed by atoms with Crippen LogP contribution < -0.4 is 0 Å². The van der Waals surface area contributed by atoms with Gasteiger partial charge in [0, 0.05) is 10.1 Å². The molecule has 0 radical (unpaired) electrons. The summed E-state index contributed by atoms with van der Waals surface area (Å²) >= 11 is 0. The highest BCUT2D eigenvalue weighted by molar-refractivity contribution is 7.30. The van der Waals surface area contributed by atoms with E-state index in [2.05, 4.69) is 0 Å². The van der Waals surface area contributed by atoms with Crippen molar-refractivity contribution in [3.05, 3.63) is 0 Å². The van der Waals surface area contributed by atoms with E-state index >= 15 is 0 Å². The Morgan fingerprint density at radius 3 is 1.95 bits per heavy atom. The summed E-state index contributed by atoms with van der Waals surface area (Å²) in [5.41, 5.74) is -1.41. The van der Waals surface area contributed by atoms with E-state index in [9.17, 15) is 26.3 Å². The van der Waals surface area contributed by atoms with E-state index in [-0.39, 0.29) is 13.0 Å². The van der Waals surface area contributed by atoms with Gasteiger partial charge < -0.3 is 0 Å². The van der Waals surface area contributed by atoms with E-state index in [0.717, 1.165) is 4.90 Å². The van der Waals surface area contributed by atoms with Crippen molar-refractivity contribution in [1.82, 2.24) is 4.90 Å². The van der Waals surface area contributed by atoms with Crippen molar-refractivity contribution in [2.45, 2.75) is 44.1 Å². The quantitative estimate of drug-likeness (QED) is 0.604. The standard InChI is InChI=1S/C9H13F6N.HO3P/c1-7(5-8(10,11)12)3-2-4-16(7)6-9(13,14)15;1-4(2)3/h2-6H2,1H3;(H-,1,2,3)/p+1. The smallest absolute Gasteiger partial charge is 0.289 e. The molecule has 1 atom stereocenters. The van der Waals surface area contributed by atoms with Crippen molar-refractivity contribution in [1.29, 1.82) is 0 Å². The molecule has 1 unspecified atom stereocenters. The Kier molecular flexibility index (Phi) is 6.86. The van der Waals surface area contributed by atoms with Crippen LogP contribution in [0.4, 0.5) is 26.3 Å². The van der Waals surface area contributed by atoms with Gasteiger partial charge in [0.05, 0.1) is 13.0 Å². The summed E-state index contributed by atoms with van der Waals surface area (Å²) in [6, 6.07) is 0. The van der Waals surface area contributed by atoms with Crippen LogP contribution in [0, 0.1) is 0 Å². The molecule has 1 rings (SSSR count). The largest absolute Gasteiger partial charge is 0.692 e. The minimum atomic E-state index is -4.45. The summed E-state index contributed by atoms with van der Waals surface area (Å²) in [4.78, 5) is 15.1. The Bertz CT molecular complexity index is 331. The zero-order valence-corrected chi connectivity index (χ0v) is 11.4. The van der Waals surface area contributed by atoms with Gasteiger partial charge in [-0.15, -0.1) is 9.79 Å². The summed E-state index contributed by atoms with van der Waals surface area (Å²) in [5.74, 6) is 0. The van der Waals surface area contributed by atoms with Crippen LogP contribution in [0.5, 0.6) is 0 Å². The molecule has 0 aromatic heterocycles. The molecule has 0 aliphatic carbocycles. The number of alkyl halides is 6. The van der Waals surface area contributed by atoms with E-state index in [1.807, 2.05) is 0 Å². The van der Waals surface area contributed by atoms with Gasteiger partial charge in [-0.1, -0.05) is 0 Å². The molecule has 4 nitrogen and oxygen atoms in total. The van der Waals surface area contributed by atoms with Gasteiger partial charge in [0.15, 0.2) is 0 Å². The molecule has 1 saturated heterocycles. The van der Waals surface area contributed by atoms with Gasteiger partial charge in [-0.2, -0.15) is 26.3 Å². The molecule has 1 aliphatic rings. The minimum Gasteiger partial charge on any atom is -0.289 e. The lowest BCUT2D eigenvalue weighted by atomic mass is 9.94. The van der Waals surface area contributed by atoms with Gasteiger partial charge in [-0.05, 0) is 26.3 Å². The zero-order valence-electron chi connectivity index (χ0n) is 10.5. The predicted octanol–water partition coefficient (Wildman–Crippen LogP) is 2.98. The van der Waals surface area contributed by atoms with Gasteiger partial charge in [-0.25, -0.2) is 0 Å². The van der Waals surface area contributed by atoms with E-state index in [1.165, 1.54) is 6.92 Å².